The Bertz CT molecular complexity index is 1540. The third kappa shape index (κ3) is 6.29. The minimum atomic E-state index is 0.317. The summed E-state index contributed by atoms with van der Waals surface area (Å²) in [6.45, 7) is 12.2. The molecule has 0 aliphatic rings. The van der Waals surface area contributed by atoms with E-state index in [9.17, 15) is 0 Å². The van der Waals surface area contributed by atoms with Gasteiger partial charge in [-0.1, -0.05) is 80.6 Å². The number of rotatable bonds is 11. The van der Waals surface area contributed by atoms with E-state index in [1.165, 1.54) is 27.5 Å². The number of fused-ring (bicyclic) bond motifs is 2. The highest BCUT2D eigenvalue weighted by Crippen LogP contribution is 2.31. The Kier molecular flexibility index (Phi) is 8.53. The normalized spacial score (nSPS) is 12.3. The van der Waals surface area contributed by atoms with Crippen LogP contribution in [0.1, 0.15) is 50.3 Å². The van der Waals surface area contributed by atoms with E-state index in [0.29, 0.717) is 6.04 Å². The maximum atomic E-state index is 5.15. The lowest BCUT2D eigenvalue weighted by Crippen LogP contribution is -2.25. The molecule has 0 saturated heterocycles. The number of benzene rings is 4. The summed E-state index contributed by atoms with van der Waals surface area (Å²) in [5.74, 6) is 1.70. The number of aromatic nitrogens is 2. The summed E-state index contributed by atoms with van der Waals surface area (Å²) >= 11 is 0. The van der Waals surface area contributed by atoms with Crippen LogP contribution in [-0.4, -0.2) is 40.5 Å². The highest BCUT2D eigenvalue weighted by molar-refractivity contribution is 5.94. The van der Waals surface area contributed by atoms with Crippen LogP contribution in [0.2, 0.25) is 0 Å². The van der Waals surface area contributed by atoms with E-state index in [1.807, 2.05) is 0 Å². The Morgan fingerprint density at radius 2 is 1.56 bits per heavy atom. The van der Waals surface area contributed by atoms with Crippen LogP contribution in [0.4, 0.5) is 5.82 Å². The predicted molar refractivity (Wildman–Crippen MR) is 167 cm³/mol. The van der Waals surface area contributed by atoms with Crippen molar-refractivity contribution in [2.24, 2.45) is 0 Å². The fraction of sp³-hybridized carbons (Fsp3) is 0.314. The summed E-state index contributed by atoms with van der Waals surface area (Å²) in [6, 6.07) is 30.5. The second-order valence-corrected chi connectivity index (χ2v) is 10.6. The van der Waals surface area contributed by atoms with E-state index in [1.54, 1.807) is 0 Å². The van der Waals surface area contributed by atoms with Crippen molar-refractivity contribution < 1.29 is 0 Å². The van der Waals surface area contributed by atoms with Gasteiger partial charge in [-0.05, 0) is 98.4 Å². The topological polar surface area (TPSA) is 41.0 Å². The van der Waals surface area contributed by atoms with E-state index < -0.39 is 0 Å². The number of para-hydroxylation sites is 1. The molecule has 1 atom stereocenters. The minimum absolute atomic E-state index is 0.317. The molecule has 4 aromatic carbocycles. The van der Waals surface area contributed by atoms with Crippen molar-refractivity contribution in [1.82, 2.24) is 14.9 Å². The van der Waals surface area contributed by atoms with Crippen molar-refractivity contribution >= 4 is 27.5 Å². The Hall–Kier alpha value is -3.76. The van der Waals surface area contributed by atoms with Gasteiger partial charge in [0, 0.05) is 17.0 Å². The van der Waals surface area contributed by atoms with Crippen LogP contribution in [0.25, 0.3) is 33.1 Å². The molecule has 1 aromatic heterocycles. The first kappa shape index (κ1) is 26.8. The van der Waals surface area contributed by atoms with Gasteiger partial charge in [0.2, 0.25) is 0 Å². The second-order valence-electron chi connectivity index (χ2n) is 10.6. The molecule has 0 aliphatic heterocycles. The van der Waals surface area contributed by atoms with Gasteiger partial charge in [0.15, 0.2) is 5.82 Å². The Morgan fingerprint density at radius 3 is 2.36 bits per heavy atom. The minimum Gasteiger partial charge on any atom is -0.367 e. The van der Waals surface area contributed by atoms with Gasteiger partial charge in [-0.2, -0.15) is 0 Å². The molecule has 0 amide bonds. The molecule has 4 nitrogen and oxygen atoms in total. The Balaban J connectivity index is 1.52. The fourth-order valence-corrected chi connectivity index (χ4v) is 5.48. The van der Waals surface area contributed by atoms with Gasteiger partial charge in [-0.25, -0.2) is 9.97 Å². The van der Waals surface area contributed by atoms with Crippen LogP contribution in [-0.2, 0) is 6.42 Å². The highest BCUT2D eigenvalue weighted by atomic mass is 15.1. The second kappa shape index (κ2) is 12.4. The molecule has 0 saturated carbocycles. The quantitative estimate of drug-likeness (QED) is 0.192. The van der Waals surface area contributed by atoms with Crippen molar-refractivity contribution in [3.8, 4) is 11.4 Å². The third-order valence-electron chi connectivity index (χ3n) is 7.76. The van der Waals surface area contributed by atoms with Crippen LogP contribution in [0, 0.1) is 6.92 Å². The van der Waals surface area contributed by atoms with Crippen LogP contribution in [0.15, 0.2) is 84.9 Å². The lowest BCUT2D eigenvalue weighted by atomic mass is 9.95. The van der Waals surface area contributed by atoms with Crippen LogP contribution < -0.4 is 5.32 Å². The largest absolute Gasteiger partial charge is 0.367 e. The third-order valence-corrected chi connectivity index (χ3v) is 7.76. The van der Waals surface area contributed by atoms with Gasteiger partial charge in [0.1, 0.15) is 5.82 Å². The smallest absolute Gasteiger partial charge is 0.162 e. The maximum Gasteiger partial charge on any atom is 0.162 e. The molecular weight excluding hydrogens is 476 g/mol. The summed E-state index contributed by atoms with van der Waals surface area (Å²) in [5, 5.41) is 7.33. The molecular formula is C35H40N4. The SMILES string of the molecule is CCN(CC)CCCC(C)Nc1nc(-c2cc(Cc3ccccc3)c3ccccc3c2)nc2c(C)cccc12. The molecule has 39 heavy (non-hydrogen) atoms. The van der Waals surface area contributed by atoms with E-state index in [-0.39, 0.29) is 0 Å². The summed E-state index contributed by atoms with van der Waals surface area (Å²) in [6.07, 6.45) is 3.13. The van der Waals surface area contributed by atoms with Crippen molar-refractivity contribution in [3.05, 3.63) is 102 Å². The average Bonchev–Trinajstić information content (AvgIpc) is 2.96. The molecule has 5 rings (SSSR count). The molecule has 0 radical (unpaired) electrons. The summed E-state index contributed by atoms with van der Waals surface area (Å²) in [5.41, 5.74) is 5.83. The van der Waals surface area contributed by atoms with Gasteiger partial charge in [0.05, 0.1) is 5.52 Å². The number of aryl methyl sites for hydroxylation is 1. The first-order chi connectivity index (χ1) is 19.1. The zero-order valence-electron chi connectivity index (χ0n) is 23.7. The number of nitrogens with one attached hydrogen (secondary N) is 1. The van der Waals surface area contributed by atoms with Gasteiger partial charge in [-0.3, -0.25) is 0 Å². The van der Waals surface area contributed by atoms with Crippen molar-refractivity contribution in [2.75, 3.05) is 25.0 Å². The first-order valence-electron chi connectivity index (χ1n) is 14.4. The maximum absolute atomic E-state index is 5.15. The van der Waals surface area contributed by atoms with Crippen molar-refractivity contribution in [1.29, 1.82) is 0 Å². The lowest BCUT2D eigenvalue weighted by molar-refractivity contribution is 0.295. The van der Waals surface area contributed by atoms with Gasteiger partial charge in [-0.15, -0.1) is 0 Å². The van der Waals surface area contributed by atoms with Crippen LogP contribution in [0.5, 0.6) is 0 Å². The number of anilines is 1. The summed E-state index contributed by atoms with van der Waals surface area (Å²) in [4.78, 5) is 12.8. The molecule has 0 fully saturated rings. The Morgan fingerprint density at radius 1 is 0.821 bits per heavy atom. The summed E-state index contributed by atoms with van der Waals surface area (Å²) < 4.78 is 0. The average molecular weight is 517 g/mol. The monoisotopic (exact) mass is 516 g/mol. The first-order valence-corrected chi connectivity index (χ1v) is 14.4. The Labute approximate surface area is 233 Å². The zero-order valence-corrected chi connectivity index (χ0v) is 23.7. The van der Waals surface area contributed by atoms with Gasteiger partial charge >= 0.3 is 0 Å². The molecule has 1 unspecified atom stereocenters. The fourth-order valence-electron chi connectivity index (χ4n) is 5.48. The number of hydrogen-bond donors (Lipinski definition) is 1. The summed E-state index contributed by atoms with van der Waals surface area (Å²) in [7, 11) is 0. The van der Waals surface area contributed by atoms with Crippen LogP contribution >= 0.6 is 0 Å². The molecule has 1 N–H and O–H groups in total. The van der Waals surface area contributed by atoms with Gasteiger partial charge < -0.3 is 10.2 Å². The molecule has 200 valence electrons. The zero-order chi connectivity index (χ0) is 27.2. The van der Waals surface area contributed by atoms with E-state index in [0.717, 1.165) is 67.0 Å². The van der Waals surface area contributed by atoms with E-state index in [4.69, 9.17) is 9.97 Å². The molecule has 0 bridgehead atoms. The molecule has 5 aromatic rings. The number of hydrogen-bond acceptors (Lipinski definition) is 4. The van der Waals surface area contributed by atoms with Crippen LogP contribution in [0.3, 0.4) is 0 Å². The standard InChI is InChI=1S/C35H40N4/c1-5-39(6-2)21-13-15-26(4)36-35-32-20-12-14-25(3)33(32)37-34(38-35)30-23-28-18-10-11-19-31(28)29(24-30)22-27-16-8-7-9-17-27/h7-12,14,16-20,23-24,26H,5-6,13,15,21-22H2,1-4H3,(H,36,37,38). The van der Waals surface area contributed by atoms with Gasteiger partial charge in [0.25, 0.3) is 0 Å². The van der Waals surface area contributed by atoms with E-state index in [2.05, 4.69) is 123 Å². The molecule has 0 spiro atoms. The van der Waals surface area contributed by atoms with E-state index >= 15 is 0 Å². The lowest BCUT2D eigenvalue weighted by Gasteiger charge is -2.21. The van der Waals surface area contributed by atoms with Crippen molar-refractivity contribution in [2.45, 2.75) is 53.0 Å². The van der Waals surface area contributed by atoms with Crippen molar-refractivity contribution in [3.63, 3.8) is 0 Å². The highest BCUT2D eigenvalue weighted by Gasteiger charge is 2.15. The predicted octanol–water partition coefficient (Wildman–Crippen LogP) is 8.27. The molecule has 0 aliphatic carbocycles. The molecule has 4 heteroatoms. The number of nitrogens with zero attached hydrogens (tertiary/aromatic N) is 3. The molecule has 1 heterocycles.